The maximum Gasteiger partial charge on any atom is 0.409 e. The molecule has 3 nitrogen and oxygen atoms in total. The van der Waals surface area contributed by atoms with Crippen molar-refractivity contribution in [2.45, 2.75) is 19.9 Å². The molecule has 0 N–H and O–H groups in total. The molecule has 0 spiro atoms. The number of hydrogen-bond donors (Lipinski definition) is 0. The maximum absolute atomic E-state index is 11.1. The van der Waals surface area contributed by atoms with Gasteiger partial charge in [0.1, 0.15) is 0 Å². The first-order valence-electron chi connectivity index (χ1n) is 5.04. The lowest BCUT2D eigenvalue weighted by Gasteiger charge is -2.15. The average molecular weight is 207 g/mol. The van der Waals surface area contributed by atoms with Gasteiger partial charge in [-0.15, -0.1) is 0 Å². The van der Waals surface area contributed by atoms with E-state index in [2.05, 4.69) is 23.8 Å². The largest absolute Gasteiger partial charge is 0.453 e. The molecule has 0 aliphatic carbocycles. The smallest absolute Gasteiger partial charge is 0.409 e. The van der Waals surface area contributed by atoms with Crippen LogP contribution in [0.25, 0.3) is 0 Å². The summed E-state index contributed by atoms with van der Waals surface area (Å²) in [5.41, 5.74) is 2.42. The highest BCUT2D eigenvalue weighted by molar-refractivity contribution is 5.66. The zero-order chi connectivity index (χ0) is 11.3. The van der Waals surface area contributed by atoms with E-state index in [-0.39, 0.29) is 6.09 Å². The minimum absolute atomic E-state index is 0.311. The summed E-state index contributed by atoms with van der Waals surface area (Å²) < 4.78 is 4.62. The molecule has 15 heavy (non-hydrogen) atoms. The van der Waals surface area contributed by atoms with E-state index < -0.39 is 0 Å². The van der Waals surface area contributed by atoms with Crippen LogP contribution in [0.3, 0.4) is 0 Å². The molecule has 1 aromatic carbocycles. The summed E-state index contributed by atoms with van der Waals surface area (Å²) >= 11 is 0. The first-order valence-corrected chi connectivity index (χ1v) is 5.04. The zero-order valence-electron chi connectivity index (χ0n) is 9.49. The van der Waals surface area contributed by atoms with Gasteiger partial charge in [0.05, 0.1) is 7.11 Å². The normalized spacial score (nSPS) is 9.80. The predicted octanol–water partition coefficient (Wildman–Crippen LogP) is 2.45. The van der Waals surface area contributed by atoms with Crippen molar-refractivity contribution in [3.05, 3.63) is 35.4 Å². The number of amides is 1. The number of rotatable bonds is 3. The molecular formula is C12H17NO2. The Morgan fingerprint density at radius 1 is 1.27 bits per heavy atom. The molecule has 0 aliphatic heterocycles. The van der Waals surface area contributed by atoms with E-state index in [1.165, 1.54) is 12.7 Å². The van der Waals surface area contributed by atoms with Crippen LogP contribution in [0, 0.1) is 0 Å². The van der Waals surface area contributed by atoms with Crippen LogP contribution in [-0.2, 0) is 17.7 Å². The minimum atomic E-state index is -0.311. The van der Waals surface area contributed by atoms with E-state index in [4.69, 9.17) is 0 Å². The van der Waals surface area contributed by atoms with Gasteiger partial charge in [0.25, 0.3) is 0 Å². The fraction of sp³-hybridized carbons (Fsp3) is 0.417. The molecule has 3 heteroatoms. The molecule has 0 bridgehead atoms. The van der Waals surface area contributed by atoms with E-state index in [1.54, 1.807) is 11.9 Å². The van der Waals surface area contributed by atoms with Crippen LogP contribution in [0.5, 0.6) is 0 Å². The molecule has 1 amide bonds. The summed E-state index contributed by atoms with van der Waals surface area (Å²) in [6, 6.07) is 8.25. The van der Waals surface area contributed by atoms with Gasteiger partial charge in [-0.05, 0) is 17.5 Å². The molecule has 0 atom stereocenters. The van der Waals surface area contributed by atoms with Crippen molar-refractivity contribution in [2.24, 2.45) is 0 Å². The lowest BCUT2D eigenvalue weighted by Crippen LogP contribution is -2.25. The standard InChI is InChI=1S/C12H17NO2/c1-4-10-5-7-11(8-6-10)9-13(2)12(14)15-3/h5-8H,4,9H2,1-3H3. The fourth-order valence-corrected chi connectivity index (χ4v) is 1.37. The molecule has 0 aliphatic rings. The Hall–Kier alpha value is -1.51. The van der Waals surface area contributed by atoms with Gasteiger partial charge in [0.2, 0.25) is 0 Å². The third-order valence-corrected chi connectivity index (χ3v) is 2.34. The van der Waals surface area contributed by atoms with Crippen molar-refractivity contribution in [3.8, 4) is 0 Å². The zero-order valence-corrected chi connectivity index (χ0v) is 9.49. The molecule has 0 unspecified atom stereocenters. The lowest BCUT2D eigenvalue weighted by molar-refractivity contribution is 0.131. The van der Waals surface area contributed by atoms with Crippen LogP contribution in [0.1, 0.15) is 18.1 Å². The first-order chi connectivity index (χ1) is 7.17. The van der Waals surface area contributed by atoms with Gasteiger partial charge in [-0.3, -0.25) is 0 Å². The highest BCUT2D eigenvalue weighted by Crippen LogP contribution is 2.07. The van der Waals surface area contributed by atoms with E-state index in [0.29, 0.717) is 6.54 Å². The van der Waals surface area contributed by atoms with E-state index in [9.17, 15) is 4.79 Å². The van der Waals surface area contributed by atoms with Gasteiger partial charge in [-0.25, -0.2) is 4.79 Å². The van der Waals surface area contributed by atoms with Crippen molar-refractivity contribution in [1.82, 2.24) is 4.90 Å². The van der Waals surface area contributed by atoms with Gasteiger partial charge in [0, 0.05) is 13.6 Å². The highest BCUT2D eigenvalue weighted by Gasteiger charge is 2.07. The summed E-state index contributed by atoms with van der Waals surface area (Å²) in [6.07, 6.45) is 0.724. The third kappa shape index (κ3) is 3.27. The van der Waals surface area contributed by atoms with Gasteiger partial charge >= 0.3 is 6.09 Å². The van der Waals surface area contributed by atoms with Crippen LogP contribution >= 0.6 is 0 Å². The van der Waals surface area contributed by atoms with Gasteiger partial charge in [-0.2, -0.15) is 0 Å². The number of ether oxygens (including phenoxy) is 1. The van der Waals surface area contributed by atoms with Crippen molar-refractivity contribution in [2.75, 3.05) is 14.2 Å². The SMILES string of the molecule is CCc1ccc(CN(C)C(=O)OC)cc1. The Balaban J connectivity index is 2.60. The monoisotopic (exact) mass is 207 g/mol. The molecule has 0 saturated heterocycles. The molecule has 82 valence electrons. The van der Waals surface area contributed by atoms with Crippen molar-refractivity contribution in [3.63, 3.8) is 0 Å². The number of carbonyl (C=O) groups excluding carboxylic acids is 1. The Labute approximate surface area is 90.7 Å². The van der Waals surface area contributed by atoms with Crippen molar-refractivity contribution in [1.29, 1.82) is 0 Å². The van der Waals surface area contributed by atoms with Crippen LogP contribution < -0.4 is 0 Å². The topological polar surface area (TPSA) is 29.5 Å². The maximum atomic E-state index is 11.1. The molecule has 0 fully saturated rings. The number of benzene rings is 1. The fourth-order valence-electron chi connectivity index (χ4n) is 1.37. The van der Waals surface area contributed by atoms with Crippen LogP contribution in [0.4, 0.5) is 4.79 Å². The predicted molar refractivity (Wildman–Crippen MR) is 59.7 cm³/mol. The average Bonchev–Trinajstić information content (AvgIpc) is 2.29. The number of methoxy groups -OCH3 is 1. The molecule has 0 radical (unpaired) electrons. The molecular weight excluding hydrogens is 190 g/mol. The summed E-state index contributed by atoms with van der Waals surface area (Å²) in [5, 5.41) is 0. The van der Waals surface area contributed by atoms with E-state index in [1.807, 2.05) is 12.1 Å². The highest BCUT2D eigenvalue weighted by atomic mass is 16.5. The van der Waals surface area contributed by atoms with Gasteiger partial charge in [0.15, 0.2) is 0 Å². The first kappa shape index (κ1) is 11.6. The third-order valence-electron chi connectivity index (χ3n) is 2.34. The molecule has 1 rings (SSSR count). The summed E-state index contributed by atoms with van der Waals surface area (Å²) in [7, 11) is 3.11. The van der Waals surface area contributed by atoms with Crippen molar-refractivity contribution >= 4 is 6.09 Å². The summed E-state index contributed by atoms with van der Waals surface area (Å²) in [5.74, 6) is 0. The minimum Gasteiger partial charge on any atom is -0.453 e. The number of aryl methyl sites for hydroxylation is 1. The van der Waals surface area contributed by atoms with Gasteiger partial charge < -0.3 is 9.64 Å². The van der Waals surface area contributed by atoms with E-state index in [0.717, 1.165) is 12.0 Å². The quantitative estimate of drug-likeness (QED) is 0.762. The summed E-state index contributed by atoms with van der Waals surface area (Å²) in [4.78, 5) is 12.7. The van der Waals surface area contributed by atoms with Crippen LogP contribution in [0.2, 0.25) is 0 Å². The number of hydrogen-bond acceptors (Lipinski definition) is 2. The van der Waals surface area contributed by atoms with Gasteiger partial charge in [-0.1, -0.05) is 31.2 Å². The van der Waals surface area contributed by atoms with Crippen molar-refractivity contribution < 1.29 is 9.53 Å². The van der Waals surface area contributed by atoms with E-state index >= 15 is 0 Å². The lowest BCUT2D eigenvalue weighted by atomic mass is 10.1. The second-order valence-electron chi connectivity index (χ2n) is 3.50. The summed E-state index contributed by atoms with van der Waals surface area (Å²) in [6.45, 7) is 2.70. The molecule has 0 aromatic heterocycles. The molecule has 0 heterocycles. The molecule has 1 aromatic rings. The Bertz CT molecular complexity index is 319. The Kier molecular flexibility index (Phi) is 4.16. The Morgan fingerprint density at radius 3 is 2.27 bits per heavy atom. The number of carbonyl (C=O) groups is 1. The second-order valence-corrected chi connectivity index (χ2v) is 3.50. The molecule has 0 saturated carbocycles. The Morgan fingerprint density at radius 2 is 1.80 bits per heavy atom. The number of nitrogens with zero attached hydrogens (tertiary/aromatic N) is 1. The van der Waals surface area contributed by atoms with Crippen LogP contribution in [0.15, 0.2) is 24.3 Å². The van der Waals surface area contributed by atoms with Crippen LogP contribution in [-0.4, -0.2) is 25.2 Å². The second kappa shape index (κ2) is 5.39.